The summed E-state index contributed by atoms with van der Waals surface area (Å²) in [6, 6.07) is 3.65. The van der Waals surface area contributed by atoms with Crippen LogP contribution in [0.4, 0.5) is 0 Å². The van der Waals surface area contributed by atoms with Crippen LogP contribution in [0.1, 0.15) is 28.1 Å². The number of hydrogen-bond donors (Lipinski definition) is 1. The van der Waals surface area contributed by atoms with E-state index >= 15 is 0 Å². The molecule has 0 bridgehead atoms. The molecular formula is C15H19N3O2S. The van der Waals surface area contributed by atoms with E-state index in [1.54, 1.807) is 11.3 Å². The van der Waals surface area contributed by atoms with Gasteiger partial charge in [-0.2, -0.15) is 0 Å². The number of aryl methyl sites for hydroxylation is 2. The highest BCUT2D eigenvalue weighted by Crippen LogP contribution is 2.23. The lowest BCUT2D eigenvalue weighted by molar-refractivity contribution is -0.0371. The fraction of sp³-hybridized carbons (Fsp3) is 0.467. The molecule has 0 aromatic carbocycles. The van der Waals surface area contributed by atoms with E-state index in [1.165, 1.54) is 16.5 Å². The van der Waals surface area contributed by atoms with Crippen LogP contribution in [0, 0.1) is 13.8 Å². The van der Waals surface area contributed by atoms with Crippen molar-refractivity contribution in [1.82, 2.24) is 14.9 Å². The summed E-state index contributed by atoms with van der Waals surface area (Å²) < 4.78 is 5.78. The molecule has 0 aliphatic carbocycles. The van der Waals surface area contributed by atoms with Crippen molar-refractivity contribution in [2.75, 3.05) is 19.7 Å². The molecule has 21 heavy (non-hydrogen) atoms. The smallest absolute Gasteiger partial charge is 0.251 e. The molecule has 0 spiro atoms. The van der Waals surface area contributed by atoms with Crippen LogP contribution in [0.15, 0.2) is 22.3 Å². The lowest BCUT2D eigenvalue weighted by Crippen LogP contribution is -2.38. The largest absolute Gasteiger partial charge is 0.368 e. The van der Waals surface area contributed by atoms with Gasteiger partial charge in [0.15, 0.2) is 0 Å². The minimum absolute atomic E-state index is 0.118. The van der Waals surface area contributed by atoms with Crippen molar-refractivity contribution in [1.29, 1.82) is 0 Å². The maximum absolute atomic E-state index is 11.6. The number of H-pyrrole nitrogens is 1. The molecule has 0 amide bonds. The van der Waals surface area contributed by atoms with E-state index in [1.807, 2.05) is 6.92 Å². The van der Waals surface area contributed by atoms with Gasteiger partial charge in [0.25, 0.3) is 5.56 Å². The van der Waals surface area contributed by atoms with Crippen LogP contribution in [0.5, 0.6) is 0 Å². The number of morpholine rings is 1. The highest BCUT2D eigenvalue weighted by molar-refractivity contribution is 7.10. The molecule has 3 rings (SSSR count). The summed E-state index contributed by atoms with van der Waals surface area (Å²) in [7, 11) is 0. The van der Waals surface area contributed by atoms with Gasteiger partial charge in [0.2, 0.25) is 0 Å². The molecule has 5 nitrogen and oxygen atoms in total. The van der Waals surface area contributed by atoms with Gasteiger partial charge in [-0.25, -0.2) is 4.98 Å². The van der Waals surface area contributed by atoms with Gasteiger partial charge in [-0.3, -0.25) is 9.69 Å². The zero-order chi connectivity index (χ0) is 14.8. The molecule has 6 heteroatoms. The number of aromatic nitrogens is 2. The maximum Gasteiger partial charge on any atom is 0.251 e. The fourth-order valence-corrected chi connectivity index (χ4v) is 3.48. The third-order valence-corrected chi connectivity index (χ3v) is 4.69. The Bertz CT molecular complexity index is 680. The standard InChI is InChI=1S/C15H19N3O2S/c1-10-3-6-21-13(10)9-18-4-5-20-12(8-18)15-16-11(2)7-14(19)17-15/h3,6-7,12H,4-5,8-9H2,1-2H3,(H,16,17,19)/t12-/m0/s1. The number of rotatable bonds is 3. The minimum atomic E-state index is -0.161. The first kappa shape index (κ1) is 14.4. The summed E-state index contributed by atoms with van der Waals surface area (Å²) in [5, 5.41) is 2.13. The lowest BCUT2D eigenvalue weighted by Gasteiger charge is -2.32. The second-order valence-electron chi connectivity index (χ2n) is 5.39. The third-order valence-electron chi connectivity index (χ3n) is 3.68. The summed E-state index contributed by atoms with van der Waals surface area (Å²) >= 11 is 1.79. The highest BCUT2D eigenvalue weighted by Gasteiger charge is 2.24. The van der Waals surface area contributed by atoms with E-state index in [-0.39, 0.29) is 11.7 Å². The normalized spacial score (nSPS) is 19.8. The van der Waals surface area contributed by atoms with Crippen LogP contribution in [-0.2, 0) is 11.3 Å². The van der Waals surface area contributed by atoms with E-state index in [0.29, 0.717) is 12.4 Å². The highest BCUT2D eigenvalue weighted by atomic mass is 32.1. The topological polar surface area (TPSA) is 58.2 Å². The summed E-state index contributed by atoms with van der Waals surface area (Å²) in [6.45, 7) is 7.22. The Balaban J connectivity index is 1.73. The second kappa shape index (κ2) is 6.09. The summed E-state index contributed by atoms with van der Waals surface area (Å²) in [5.41, 5.74) is 1.95. The molecule has 1 fully saturated rings. The molecule has 112 valence electrons. The predicted octanol–water partition coefficient (Wildman–Crippen LogP) is 2.02. The number of nitrogens with zero attached hydrogens (tertiary/aromatic N) is 2. The van der Waals surface area contributed by atoms with E-state index in [4.69, 9.17) is 4.74 Å². The van der Waals surface area contributed by atoms with Gasteiger partial charge < -0.3 is 9.72 Å². The minimum Gasteiger partial charge on any atom is -0.368 e. The van der Waals surface area contributed by atoms with Crippen LogP contribution < -0.4 is 5.56 Å². The average molecular weight is 305 g/mol. The van der Waals surface area contributed by atoms with Crippen LogP contribution in [0.3, 0.4) is 0 Å². The van der Waals surface area contributed by atoms with E-state index in [9.17, 15) is 4.79 Å². The summed E-state index contributed by atoms with van der Waals surface area (Å²) in [5.74, 6) is 0.632. The van der Waals surface area contributed by atoms with Crippen molar-refractivity contribution in [2.45, 2.75) is 26.5 Å². The number of thiophene rings is 1. The average Bonchev–Trinajstić information content (AvgIpc) is 2.84. The zero-order valence-electron chi connectivity index (χ0n) is 12.3. The van der Waals surface area contributed by atoms with Gasteiger partial charge in [0.05, 0.1) is 6.61 Å². The summed E-state index contributed by atoms with van der Waals surface area (Å²) in [4.78, 5) is 22.5. The molecule has 3 heterocycles. The molecule has 0 saturated carbocycles. The molecular weight excluding hydrogens is 286 g/mol. The molecule has 2 aromatic heterocycles. The van der Waals surface area contributed by atoms with Gasteiger partial charge in [0.1, 0.15) is 11.9 Å². The second-order valence-corrected chi connectivity index (χ2v) is 6.39. The van der Waals surface area contributed by atoms with E-state index < -0.39 is 0 Å². The molecule has 1 aliphatic heterocycles. The van der Waals surface area contributed by atoms with Gasteiger partial charge in [-0.15, -0.1) is 11.3 Å². The van der Waals surface area contributed by atoms with Crippen molar-refractivity contribution in [3.63, 3.8) is 0 Å². The monoisotopic (exact) mass is 305 g/mol. The van der Waals surface area contributed by atoms with Crippen molar-refractivity contribution < 1.29 is 4.74 Å². The fourth-order valence-electron chi connectivity index (χ4n) is 2.54. The first-order chi connectivity index (χ1) is 10.1. The number of aromatic amines is 1. The molecule has 1 atom stereocenters. The van der Waals surface area contributed by atoms with E-state index in [2.05, 4.69) is 33.2 Å². The summed E-state index contributed by atoms with van der Waals surface area (Å²) in [6.07, 6.45) is -0.161. The Kier molecular flexibility index (Phi) is 4.19. The zero-order valence-corrected chi connectivity index (χ0v) is 13.1. The number of hydrogen-bond acceptors (Lipinski definition) is 5. The molecule has 0 unspecified atom stereocenters. The van der Waals surface area contributed by atoms with Gasteiger partial charge >= 0.3 is 0 Å². The SMILES string of the molecule is Cc1cc(=O)[nH]c([C@@H]2CN(Cc3sccc3C)CCO2)n1. The van der Waals surface area contributed by atoms with Crippen molar-refractivity contribution in [3.05, 3.63) is 49.8 Å². The predicted molar refractivity (Wildman–Crippen MR) is 82.6 cm³/mol. The quantitative estimate of drug-likeness (QED) is 0.942. The molecule has 2 aromatic rings. The Hall–Kier alpha value is -1.50. The van der Waals surface area contributed by atoms with Crippen molar-refractivity contribution in [3.8, 4) is 0 Å². The molecule has 1 saturated heterocycles. The molecule has 1 N–H and O–H groups in total. The van der Waals surface area contributed by atoms with Gasteiger partial charge in [-0.05, 0) is 30.9 Å². The van der Waals surface area contributed by atoms with Gasteiger partial charge in [0, 0.05) is 36.3 Å². The maximum atomic E-state index is 11.6. The van der Waals surface area contributed by atoms with Crippen molar-refractivity contribution in [2.24, 2.45) is 0 Å². The Morgan fingerprint density at radius 2 is 2.38 bits per heavy atom. The Labute approximate surface area is 127 Å². The molecule has 0 radical (unpaired) electrons. The van der Waals surface area contributed by atoms with Gasteiger partial charge in [-0.1, -0.05) is 0 Å². The number of ether oxygens (including phenoxy) is 1. The van der Waals surface area contributed by atoms with Crippen LogP contribution in [-0.4, -0.2) is 34.6 Å². The molecule has 1 aliphatic rings. The Morgan fingerprint density at radius 3 is 3.10 bits per heavy atom. The van der Waals surface area contributed by atoms with Crippen LogP contribution in [0.25, 0.3) is 0 Å². The van der Waals surface area contributed by atoms with Crippen LogP contribution in [0.2, 0.25) is 0 Å². The number of nitrogens with one attached hydrogen (secondary N) is 1. The Morgan fingerprint density at radius 1 is 1.52 bits per heavy atom. The third kappa shape index (κ3) is 3.40. The van der Waals surface area contributed by atoms with E-state index in [0.717, 1.165) is 25.3 Å². The first-order valence-corrected chi connectivity index (χ1v) is 7.94. The first-order valence-electron chi connectivity index (χ1n) is 7.06. The van der Waals surface area contributed by atoms with Crippen LogP contribution >= 0.6 is 11.3 Å². The van der Waals surface area contributed by atoms with Crippen molar-refractivity contribution >= 4 is 11.3 Å². The lowest BCUT2D eigenvalue weighted by atomic mass is 10.2.